The minimum atomic E-state index is -1.26. The van der Waals surface area contributed by atoms with E-state index in [1.807, 2.05) is 0 Å². The molecule has 100 valence electrons. The first-order valence-corrected chi connectivity index (χ1v) is 6.31. The number of likely N-dealkylation sites (tertiary alicyclic amines) is 1. The van der Waals surface area contributed by atoms with E-state index < -0.39 is 17.2 Å². The molecule has 1 aromatic carbocycles. The number of benzene rings is 1. The Morgan fingerprint density at radius 2 is 2.11 bits per heavy atom. The van der Waals surface area contributed by atoms with Gasteiger partial charge in [-0.15, -0.1) is 0 Å². The molecule has 0 amide bonds. The smallest absolute Gasteiger partial charge is 0.164 e. The number of nitrogens with zero attached hydrogens (tertiary/aromatic N) is 1. The summed E-state index contributed by atoms with van der Waals surface area (Å²) in [5.74, 6) is -1.33. The van der Waals surface area contributed by atoms with E-state index in [4.69, 9.17) is 0 Å². The molecule has 1 aliphatic heterocycles. The Balaban J connectivity index is 2.20. The second-order valence-corrected chi connectivity index (χ2v) is 5.51. The van der Waals surface area contributed by atoms with Crippen molar-refractivity contribution >= 4 is 0 Å². The molecule has 1 N–H and O–H groups in total. The number of hydrogen-bond acceptors (Lipinski definition) is 2. The Bertz CT molecular complexity index is 436. The fourth-order valence-electron chi connectivity index (χ4n) is 2.63. The number of β-amino-alcohol motifs (C(OH)–C–C–N with tert-alkyl or cyclic N) is 1. The summed E-state index contributed by atoms with van der Waals surface area (Å²) in [6.07, 6.45) is 0.445. The van der Waals surface area contributed by atoms with Crippen molar-refractivity contribution in [3.63, 3.8) is 0 Å². The lowest BCUT2D eigenvalue weighted by atomic mass is 9.92. The second-order valence-electron chi connectivity index (χ2n) is 5.51. The number of halogens is 2. The molecule has 1 saturated heterocycles. The van der Waals surface area contributed by atoms with Crippen LogP contribution in [0.15, 0.2) is 18.2 Å². The first-order chi connectivity index (χ1) is 8.42. The van der Waals surface area contributed by atoms with Crippen molar-refractivity contribution < 1.29 is 13.9 Å². The Kier molecular flexibility index (Phi) is 3.69. The zero-order valence-electron chi connectivity index (χ0n) is 10.8. The molecular weight excluding hydrogens is 236 g/mol. The van der Waals surface area contributed by atoms with Crippen molar-refractivity contribution in [1.29, 1.82) is 0 Å². The monoisotopic (exact) mass is 255 g/mol. The van der Waals surface area contributed by atoms with E-state index in [0.717, 1.165) is 12.6 Å². The number of hydrogen-bond donors (Lipinski definition) is 1. The summed E-state index contributed by atoms with van der Waals surface area (Å²) in [6.45, 7) is 6.13. The third kappa shape index (κ3) is 2.54. The summed E-state index contributed by atoms with van der Waals surface area (Å²) in [4.78, 5) is 2.09. The molecule has 2 nitrogen and oxygen atoms in total. The van der Waals surface area contributed by atoms with Gasteiger partial charge in [0.1, 0.15) is 5.60 Å². The molecule has 1 unspecified atom stereocenters. The lowest BCUT2D eigenvalue weighted by Crippen LogP contribution is -2.33. The van der Waals surface area contributed by atoms with Gasteiger partial charge in [0.15, 0.2) is 11.6 Å². The molecule has 0 radical (unpaired) electrons. The predicted octanol–water partition coefficient (Wildman–Crippen LogP) is 2.51. The molecule has 2 rings (SSSR count). The third-order valence-electron chi connectivity index (χ3n) is 3.40. The fraction of sp³-hybridized carbons (Fsp3) is 0.571. The minimum absolute atomic E-state index is 0.0776. The highest BCUT2D eigenvalue weighted by Crippen LogP contribution is 2.34. The van der Waals surface area contributed by atoms with Crippen LogP contribution in [0.25, 0.3) is 0 Å². The number of rotatable bonds is 3. The summed E-state index contributed by atoms with van der Waals surface area (Å²) in [5.41, 5.74) is -1.19. The molecule has 0 aliphatic carbocycles. The van der Waals surface area contributed by atoms with E-state index in [2.05, 4.69) is 18.7 Å². The standard InChI is InChI=1S/C14H19F2NO/c1-10(2)8-17-7-6-14(18,9-17)11-4-3-5-12(15)13(11)16/h3-5,10,18H,6-9H2,1-2H3. The summed E-state index contributed by atoms with van der Waals surface area (Å²) >= 11 is 0. The van der Waals surface area contributed by atoms with Gasteiger partial charge in [-0.1, -0.05) is 26.0 Å². The van der Waals surface area contributed by atoms with Crippen molar-refractivity contribution in [2.45, 2.75) is 25.9 Å². The van der Waals surface area contributed by atoms with Gasteiger partial charge in [-0.25, -0.2) is 8.78 Å². The van der Waals surface area contributed by atoms with Gasteiger partial charge in [-0.3, -0.25) is 4.90 Å². The molecule has 0 spiro atoms. The maximum Gasteiger partial charge on any atom is 0.164 e. The van der Waals surface area contributed by atoms with Gasteiger partial charge in [0, 0.05) is 25.2 Å². The second kappa shape index (κ2) is 4.94. The van der Waals surface area contributed by atoms with Crippen molar-refractivity contribution in [3.8, 4) is 0 Å². The van der Waals surface area contributed by atoms with Gasteiger partial charge in [-0.2, -0.15) is 0 Å². The zero-order chi connectivity index (χ0) is 13.3. The predicted molar refractivity (Wildman–Crippen MR) is 66.1 cm³/mol. The fourth-order valence-corrected chi connectivity index (χ4v) is 2.63. The van der Waals surface area contributed by atoms with Crippen molar-refractivity contribution in [3.05, 3.63) is 35.4 Å². The highest BCUT2D eigenvalue weighted by molar-refractivity contribution is 5.27. The first kappa shape index (κ1) is 13.4. The Morgan fingerprint density at radius 1 is 1.39 bits per heavy atom. The molecule has 4 heteroatoms. The maximum atomic E-state index is 13.7. The molecule has 0 bridgehead atoms. The molecule has 1 aliphatic rings. The quantitative estimate of drug-likeness (QED) is 0.897. The van der Waals surface area contributed by atoms with Gasteiger partial charge in [0.2, 0.25) is 0 Å². The SMILES string of the molecule is CC(C)CN1CCC(O)(c2cccc(F)c2F)C1. The van der Waals surface area contributed by atoms with E-state index in [9.17, 15) is 13.9 Å². The topological polar surface area (TPSA) is 23.5 Å². The summed E-state index contributed by atoms with van der Waals surface area (Å²) in [5, 5.41) is 10.5. The molecule has 0 saturated carbocycles. The van der Waals surface area contributed by atoms with Crippen molar-refractivity contribution in [2.24, 2.45) is 5.92 Å². The molecule has 1 atom stereocenters. The average molecular weight is 255 g/mol. The van der Waals surface area contributed by atoms with Crippen LogP contribution >= 0.6 is 0 Å². The van der Waals surface area contributed by atoms with Crippen LogP contribution in [-0.4, -0.2) is 29.6 Å². The van der Waals surface area contributed by atoms with E-state index >= 15 is 0 Å². The summed E-state index contributed by atoms with van der Waals surface area (Å²) in [6, 6.07) is 3.98. The first-order valence-electron chi connectivity index (χ1n) is 6.31. The molecule has 1 heterocycles. The van der Waals surface area contributed by atoms with Gasteiger partial charge in [-0.05, 0) is 18.4 Å². The molecule has 0 aromatic heterocycles. The van der Waals surface area contributed by atoms with Crippen LogP contribution in [0.4, 0.5) is 8.78 Å². The highest BCUT2D eigenvalue weighted by atomic mass is 19.2. The average Bonchev–Trinajstić information content (AvgIpc) is 2.64. The van der Waals surface area contributed by atoms with Gasteiger partial charge < -0.3 is 5.11 Å². The Hall–Kier alpha value is -1.00. The Labute approximate surface area is 106 Å². The van der Waals surface area contributed by atoms with E-state index in [-0.39, 0.29) is 5.56 Å². The van der Waals surface area contributed by atoms with Crippen LogP contribution in [0.2, 0.25) is 0 Å². The van der Waals surface area contributed by atoms with E-state index in [1.165, 1.54) is 12.1 Å². The van der Waals surface area contributed by atoms with E-state index in [1.54, 1.807) is 0 Å². The minimum Gasteiger partial charge on any atom is -0.384 e. The van der Waals surface area contributed by atoms with Crippen LogP contribution in [0.5, 0.6) is 0 Å². The van der Waals surface area contributed by atoms with Crippen molar-refractivity contribution in [1.82, 2.24) is 4.90 Å². The lowest BCUT2D eigenvalue weighted by Gasteiger charge is -2.25. The largest absolute Gasteiger partial charge is 0.384 e. The zero-order valence-corrected chi connectivity index (χ0v) is 10.8. The van der Waals surface area contributed by atoms with Crippen LogP contribution in [0, 0.1) is 17.6 Å². The lowest BCUT2D eigenvalue weighted by molar-refractivity contribution is 0.0407. The highest BCUT2D eigenvalue weighted by Gasteiger charge is 2.40. The molecule has 1 fully saturated rings. The van der Waals surface area contributed by atoms with Gasteiger partial charge in [0.05, 0.1) is 0 Å². The third-order valence-corrected chi connectivity index (χ3v) is 3.40. The van der Waals surface area contributed by atoms with Crippen molar-refractivity contribution in [2.75, 3.05) is 19.6 Å². The molecule has 18 heavy (non-hydrogen) atoms. The van der Waals surface area contributed by atoms with Crippen LogP contribution in [-0.2, 0) is 5.60 Å². The summed E-state index contributed by atoms with van der Waals surface area (Å²) < 4.78 is 26.9. The van der Waals surface area contributed by atoms with Gasteiger partial charge in [0.25, 0.3) is 0 Å². The number of aliphatic hydroxyl groups is 1. The Morgan fingerprint density at radius 3 is 2.78 bits per heavy atom. The van der Waals surface area contributed by atoms with Crippen LogP contribution in [0.3, 0.4) is 0 Å². The van der Waals surface area contributed by atoms with Gasteiger partial charge >= 0.3 is 0 Å². The maximum absolute atomic E-state index is 13.7. The van der Waals surface area contributed by atoms with Crippen LogP contribution < -0.4 is 0 Å². The normalized spacial score (nSPS) is 25.0. The molecular formula is C14H19F2NO. The van der Waals surface area contributed by atoms with Crippen LogP contribution in [0.1, 0.15) is 25.8 Å². The summed E-state index contributed by atoms with van der Waals surface area (Å²) in [7, 11) is 0. The molecule has 1 aromatic rings. The van der Waals surface area contributed by atoms with E-state index in [0.29, 0.717) is 25.4 Å².